The molecule has 1 atom stereocenters. The molecule has 156 valence electrons. The van der Waals surface area contributed by atoms with Crippen molar-refractivity contribution in [2.24, 2.45) is 17.1 Å². The molecule has 2 N–H and O–H groups in total. The number of hydrogen-bond acceptors (Lipinski definition) is 3. The van der Waals surface area contributed by atoms with Crippen molar-refractivity contribution >= 4 is 24.2 Å². The van der Waals surface area contributed by atoms with Gasteiger partial charge in [0.25, 0.3) is 5.91 Å². The van der Waals surface area contributed by atoms with Gasteiger partial charge >= 0.3 is 0 Å². The second kappa shape index (κ2) is 8.74. The van der Waals surface area contributed by atoms with Crippen LogP contribution in [0.15, 0.2) is 18.2 Å². The van der Waals surface area contributed by atoms with E-state index in [0.29, 0.717) is 45.1 Å². The van der Waals surface area contributed by atoms with Crippen LogP contribution in [0.3, 0.4) is 0 Å². The van der Waals surface area contributed by atoms with Gasteiger partial charge in [-0.25, -0.2) is 8.78 Å². The van der Waals surface area contributed by atoms with Crippen LogP contribution in [0.4, 0.5) is 8.78 Å². The number of piperidine rings is 2. The van der Waals surface area contributed by atoms with Crippen LogP contribution in [0.2, 0.25) is 0 Å². The first-order chi connectivity index (χ1) is 12.7. The minimum atomic E-state index is -0.856. The molecule has 2 amide bonds. The Morgan fingerprint density at radius 2 is 1.68 bits per heavy atom. The average molecular weight is 416 g/mol. The number of carbonyl (C=O) groups excluding carboxylic acids is 2. The van der Waals surface area contributed by atoms with Crippen molar-refractivity contribution in [1.82, 2.24) is 9.80 Å². The first-order valence-electron chi connectivity index (χ1n) is 9.48. The van der Waals surface area contributed by atoms with Gasteiger partial charge in [0.05, 0.1) is 5.56 Å². The summed E-state index contributed by atoms with van der Waals surface area (Å²) in [5.74, 6) is -2.03. The lowest BCUT2D eigenvalue weighted by Crippen LogP contribution is -2.55. The number of amides is 2. The Bertz CT molecular complexity index is 736. The SMILES string of the molecule is CC1(C)CN(C(=O)C2CCN(C(=O)c3ccc(F)cc3F)CC2)CCC1N.Cl. The first-order valence-corrected chi connectivity index (χ1v) is 9.48. The molecule has 2 aliphatic heterocycles. The number of hydrogen-bond donors (Lipinski definition) is 1. The van der Waals surface area contributed by atoms with Gasteiger partial charge in [0, 0.05) is 44.2 Å². The smallest absolute Gasteiger partial charge is 0.256 e. The van der Waals surface area contributed by atoms with Crippen molar-refractivity contribution in [3.05, 3.63) is 35.4 Å². The van der Waals surface area contributed by atoms with Gasteiger partial charge in [0.2, 0.25) is 5.91 Å². The Morgan fingerprint density at radius 3 is 2.25 bits per heavy atom. The molecular weight excluding hydrogens is 388 g/mol. The molecule has 2 saturated heterocycles. The van der Waals surface area contributed by atoms with Gasteiger partial charge in [-0.2, -0.15) is 0 Å². The largest absolute Gasteiger partial charge is 0.342 e. The summed E-state index contributed by atoms with van der Waals surface area (Å²) >= 11 is 0. The Kier molecular flexibility index (Phi) is 7.04. The van der Waals surface area contributed by atoms with Gasteiger partial charge in [0.1, 0.15) is 11.6 Å². The van der Waals surface area contributed by atoms with Crippen LogP contribution >= 0.6 is 12.4 Å². The maximum absolute atomic E-state index is 13.8. The second-order valence-corrected chi connectivity index (χ2v) is 8.33. The maximum atomic E-state index is 13.8. The number of rotatable bonds is 2. The molecule has 0 spiro atoms. The standard InChI is InChI=1S/C20H27F2N3O2.ClH/c1-20(2)12-25(10-7-17(20)23)18(26)13-5-8-24(9-6-13)19(27)15-4-3-14(21)11-16(15)22;/h3-4,11,13,17H,5-10,12,23H2,1-2H3;1H. The van der Waals surface area contributed by atoms with Gasteiger partial charge < -0.3 is 15.5 Å². The third kappa shape index (κ3) is 4.63. The molecule has 2 aliphatic rings. The lowest BCUT2D eigenvalue weighted by molar-refractivity contribution is -0.140. The summed E-state index contributed by atoms with van der Waals surface area (Å²) in [6.07, 6.45) is 1.90. The monoisotopic (exact) mass is 415 g/mol. The molecule has 2 fully saturated rings. The molecule has 0 saturated carbocycles. The molecule has 28 heavy (non-hydrogen) atoms. The third-order valence-electron chi connectivity index (χ3n) is 5.92. The van der Waals surface area contributed by atoms with Crippen LogP contribution in [-0.2, 0) is 4.79 Å². The van der Waals surface area contributed by atoms with E-state index in [1.54, 1.807) is 0 Å². The van der Waals surface area contributed by atoms with Crippen molar-refractivity contribution in [3.63, 3.8) is 0 Å². The van der Waals surface area contributed by atoms with E-state index in [-0.39, 0.29) is 41.3 Å². The first kappa shape index (κ1) is 22.6. The van der Waals surface area contributed by atoms with Crippen molar-refractivity contribution in [3.8, 4) is 0 Å². The van der Waals surface area contributed by atoms with Crippen LogP contribution in [0, 0.1) is 23.0 Å². The number of likely N-dealkylation sites (tertiary alicyclic amines) is 2. The molecule has 0 aliphatic carbocycles. The Labute approximate surface area is 170 Å². The van der Waals surface area contributed by atoms with Gasteiger partial charge in [-0.3, -0.25) is 9.59 Å². The van der Waals surface area contributed by atoms with Gasteiger partial charge in [-0.05, 0) is 36.8 Å². The minimum Gasteiger partial charge on any atom is -0.342 e. The summed E-state index contributed by atoms with van der Waals surface area (Å²) < 4.78 is 26.9. The normalized spacial score (nSPS) is 22.5. The Morgan fingerprint density at radius 1 is 1.07 bits per heavy atom. The summed E-state index contributed by atoms with van der Waals surface area (Å²) in [5, 5.41) is 0. The maximum Gasteiger partial charge on any atom is 0.256 e. The van der Waals surface area contributed by atoms with Crippen LogP contribution < -0.4 is 5.73 Å². The number of nitrogens with two attached hydrogens (primary N) is 1. The van der Waals surface area contributed by atoms with Crippen molar-refractivity contribution in [2.75, 3.05) is 26.2 Å². The zero-order valence-electron chi connectivity index (χ0n) is 16.3. The number of carbonyl (C=O) groups is 2. The van der Waals surface area contributed by atoms with E-state index in [1.807, 2.05) is 4.90 Å². The average Bonchev–Trinajstić information content (AvgIpc) is 2.63. The highest BCUT2D eigenvalue weighted by molar-refractivity contribution is 5.94. The topological polar surface area (TPSA) is 66.6 Å². The minimum absolute atomic E-state index is 0. The van der Waals surface area contributed by atoms with Crippen LogP contribution in [-0.4, -0.2) is 53.8 Å². The van der Waals surface area contributed by atoms with E-state index < -0.39 is 17.5 Å². The zero-order chi connectivity index (χ0) is 19.8. The highest BCUT2D eigenvalue weighted by Gasteiger charge is 2.38. The molecule has 0 radical (unpaired) electrons. The number of benzene rings is 1. The zero-order valence-corrected chi connectivity index (χ0v) is 17.1. The summed E-state index contributed by atoms with van der Waals surface area (Å²) in [6.45, 7) is 6.26. The fraction of sp³-hybridized carbons (Fsp3) is 0.600. The van der Waals surface area contributed by atoms with Crippen LogP contribution in [0.25, 0.3) is 0 Å². The van der Waals surface area contributed by atoms with Crippen molar-refractivity contribution in [2.45, 2.75) is 39.2 Å². The molecule has 1 aromatic rings. The third-order valence-corrected chi connectivity index (χ3v) is 5.92. The quantitative estimate of drug-likeness (QED) is 0.807. The highest BCUT2D eigenvalue weighted by atomic mass is 35.5. The van der Waals surface area contributed by atoms with E-state index in [0.717, 1.165) is 12.5 Å². The molecule has 5 nitrogen and oxygen atoms in total. The predicted molar refractivity (Wildman–Crippen MR) is 105 cm³/mol. The molecule has 8 heteroatoms. The van der Waals surface area contributed by atoms with Crippen LogP contribution in [0.1, 0.15) is 43.5 Å². The second-order valence-electron chi connectivity index (χ2n) is 8.33. The van der Waals surface area contributed by atoms with E-state index in [2.05, 4.69) is 13.8 Å². The van der Waals surface area contributed by atoms with E-state index in [4.69, 9.17) is 5.73 Å². The fourth-order valence-corrected chi connectivity index (χ4v) is 3.98. The van der Waals surface area contributed by atoms with E-state index in [1.165, 1.54) is 11.0 Å². The van der Waals surface area contributed by atoms with Gasteiger partial charge in [-0.15, -0.1) is 12.4 Å². The summed E-state index contributed by atoms with van der Waals surface area (Å²) in [5.41, 5.74) is 5.91. The van der Waals surface area contributed by atoms with E-state index in [9.17, 15) is 18.4 Å². The fourth-order valence-electron chi connectivity index (χ4n) is 3.98. The van der Waals surface area contributed by atoms with Crippen molar-refractivity contribution in [1.29, 1.82) is 0 Å². The Hall–Kier alpha value is -1.73. The molecule has 0 aromatic heterocycles. The lowest BCUT2D eigenvalue weighted by Gasteiger charge is -2.44. The lowest BCUT2D eigenvalue weighted by atomic mass is 9.79. The van der Waals surface area contributed by atoms with Gasteiger partial charge in [-0.1, -0.05) is 13.8 Å². The summed E-state index contributed by atoms with van der Waals surface area (Å²) in [6, 6.07) is 3.05. The molecule has 1 aromatic carbocycles. The van der Waals surface area contributed by atoms with E-state index >= 15 is 0 Å². The van der Waals surface area contributed by atoms with Crippen LogP contribution in [0.5, 0.6) is 0 Å². The number of halogens is 3. The summed E-state index contributed by atoms with van der Waals surface area (Å²) in [7, 11) is 0. The van der Waals surface area contributed by atoms with Crippen molar-refractivity contribution < 1.29 is 18.4 Å². The molecule has 1 unspecified atom stereocenters. The number of nitrogens with zero attached hydrogens (tertiary/aromatic N) is 2. The molecule has 3 rings (SSSR count). The highest BCUT2D eigenvalue weighted by Crippen LogP contribution is 2.30. The predicted octanol–water partition coefficient (Wildman–Crippen LogP) is 2.82. The molecular formula is C20H28ClF2N3O2. The molecule has 0 bridgehead atoms. The Balaban J connectivity index is 0.00000280. The summed E-state index contributed by atoms with van der Waals surface area (Å²) in [4.78, 5) is 28.8. The molecule has 2 heterocycles. The van der Waals surface area contributed by atoms with Gasteiger partial charge in [0.15, 0.2) is 0 Å².